The largest absolute Gasteiger partial charge is 0.473 e. The summed E-state index contributed by atoms with van der Waals surface area (Å²) in [5, 5.41) is 0. The highest BCUT2D eigenvalue weighted by molar-refractivity contribution is 5.48. The van der Waals surface area contributed by atoms with Crippen molar-refractivity contribution in [3.05, 3.63) is 70.4 Å². The summed E-state index contributed by atoms with van der Waals surface area (Å²) in [6.07, 6.45) is 1.23. The van der Waals surface area contributed by atoms with Gasteiger partial charge in [0, 0.05) is 25.4 Å². The first-order valence-electron chi connectivity index (χ1n) is 9.29. The Balaban J connectivity index is 1.47. The summed E-state index contributed by atoms with van der Waals surface area (Å²) in [6, 6.07) is 8.48. The van der Waals surface area contributed by atoms with Crippen LogP contribution in [-0.2, 0) is 13.2 Å². The van der Waals surface area contributed by atoms with Gasteiger partial charge in [-0.2, -0.15) is 9.37 Å². The van der Waals surface area contributed by atoms with Gasteiger partial charge in [-0.05, 0) is 37.6 Å². The SMILES string of the molecule is CN1c2cc(OCc3ccc(Oc4ccnc(F)c4)c(F)c3)nc(=O)n2CC1(C)C. The molecule has 30 heavy (non-hydrogen) atoms. The minimum absolute atomic E-state index is 0.0179. The molecule has 3 aromatic rings. The van der Waals surface area contributed by atoms with Crippen molar-refractivity contribution in [1.29, 1.82) is 0 Å². The maximum absolute atomic E-state index is 14.4. The number of fused-ring (bicyclic) bond motifs is 1. The van der Waals surface area contributed by atoms with Gasteiger partial charge in [0.15, 0.2) is 11.6 Å². The van der Waals surface area contributed by atoms with E-state index in [0.29, 0.717) is 12.1 Å². The molecule has 4 rings (SSSR count). The van der Waals surface area contributed by atoms with Gasteiger partial charge in [0.2, 0.25) is 11.8 Å². The molecule has 1 aliphatic heterocycles. The molecule has 0 aliphatic carbocycles. The van der Waals surface area contributed by atoms with Crippen molar-refractivity contribution < 1.29 is 18.3 Å². The monoisotopic (exact) mass is 414 g/mol. The molecule has 3 heterocycles. The molecule has 0 atom stereocenters. The molecular weight excluding hydrogens is 394 g/mol. The highest BCUT2D eigenvalue weighted by atomic mass is 19.1. The first kappa shape index (κ1) is 19.8. The zero-order valence-electron chi connectivity index (χ0n) is 16.7. The highest BCUT2D eigenvalue weighted by Gasteiger charge is 2.34. The van der Waals surface area contributed by atoms with Crippen molar-refractivity contribution in [2.75, 3.05) is 11.9 Å². The molecule has 0 amide bonds. The molecule has 0 unspecified atom stereocenters. The van der Waals surface area contributed by atoms with Gasteiger partial charge in [0.25, 0.3) is 0 Å². The van der Waals surface area contributed by atoms with E-state index in [-0.39, 0.29) is 35.2 Å². The molecule has 9 heteroatoms. The fraction of sp³-hybridized carbons (Fsp3) is 0.286. The van der Waals surface area contributed by atoms with Crippen molar-refractivity contribution in [2.24, 2.45) is 0 Å². The Hall–Kier alpha value is -3.49. The fourth-order valence-electron chi connectivity index (χ4n) is 3.23. The van der Waals surface area contributed by atoms with E-state index >= 15 is 0 Å². The van der Waals surface area contributed by atoms with Crippen molar-refractivity contribution >= 4 is 5.82 Å². The lowest BCUT2D eigenvalue weighted by Gasteiger charge is -2.28. The molecule has 0 fully saturated rings. The fourth-order valence-corrected chi connectivity index (χ4v) is 3.23. The number of likely N-dealkylation sites (N-methyl/N-ethyl adjacent to an activating group) is 1. The van der Waals surface area contributed by atoms with Crippen molar-refractivity contribution in [3.63, 3.8) is 0 Å². The molecule has 0 saturated carbocycles. The summed E-state index contributed by atoms with van der Waals surface area (Å²) in [6.45, 7) is 4.63. The van der Waals surface area contributed by atoms with Crippen LogP contribution in [0, 0.1) is 11.8 Å². The van der Waals surface area contributed by atoms with Gasteiger partial charge >= 0.3 is 5.69 Å². The summed E-state index contributed by atoms with van der Waals surface area (Å²) >= 11 is 0. The first-order valence-corrected chi connectivity index (χ1v) is 9.29. The number of ether oxygens (including phenoxy) is 2. The lowest BCUT2D eigenvalue weighted by Crippen LogP contribution is -2.38. The molecule has 0 bridgehead atoms. The van der Waals surface area contributed by atoms with E-state index in [0.717, 1.165) is 11.9 Å². The van der Waals surface area contributed by atoms with Crippen LogP contribution < -0.4 is 20.1 Å². The molecule has 0 radical (unpaired) electrons. The summed E-state index contributed by atoms with van der Waals surface area (Å²) in [4.78, 5) is 21.7. The Morgan fingerprint density at radius 2 is 1.97 bits per heavy atom. The van der Waals surface area contributed by atoms with Gasteiger partial charge in [-0.25, -0.2) is 14.2 Å². The number of pyridine rings is 1. The number of hydrogen-bond donors (Lipinski definition) is 0. The minimum Gasteiger partial charge on any atom is -0.473 e. The van der Waals surface area contributed by atoms with Crippen LogP contribution in [0.15, 0.2) is 47.4 Å². The Bertz CT molecular complexity index is 1160. The average Bonchev–Trinajstić information content (AvgIpc) is 2.92. The van der Waals surface area contributed by atoms with Crippen LogP contribution in [-0.4, -0.2) is 27.1 Å². The Kier molecular flexibility index (Phi) is 4.89. The van der Waals surface area contributed by atoms with Gasteiger partial charge in [0.1, 0.15) is 18.2 Å². The van der Waals surface area contributed by atoms with Crippen molar-refractivity contribution in [2.45, 2.75) is 32.5 Å². The van der Waals surface area contributed by atoms with Gasteiger partial charge in [0.05, 0.1) is 12.1 Å². The van der Waals surface area contributed by atoms with Gasteiger partial charge < -0.3 is 14.4 Å². The Morgan fingerprint density at radius 3 is 2.70 bits per heavy atom. The lowest BCUT2D eigenvalue weighted by molar-refractivity contribution is 0.290. The highest BCUT2D eigenvalue weighted by Crippen LogP contribution is 2.32. The number of nitrogens with zero attached hydrogens (tertiary/aromatic N) is 4. The molecule has 1 aliphatic rings. The van der Waals surface area contributed by atoms with Crippen LogP contribution in [0.5, 0.6) is 17.4 Å². The lowest BCUT2D eigenvalue weighted by atomic mass is 10.1. The van der Waals surface area contributed by atoms with E-state index in [2.05, 4.69) is 9.97 Å². The molecule has 0 saturated heterocycles. The Morgan fingerprint density at radius 1 is 1.17 bits per heavy atom. The molecule has 156 valence electrons. The average molecular weight is 414 g/mol. The molecule has 1 aromatic carbocycles. The number of anilines is 1. The topological polar surface area (TPSA) is 69.5 Å². The smallest absolute Gasteiger partial charge is 0.352 e. The van der Waals surface area contributed by atoms with E-state index in [1.54, 1.807) is 16.7 Å². The van der Waals surface area contributed by atoms with Crippen molar-refractivity contribution in [3.8, 4) is 17.4 Å². The second kappa shape index (κ2) is 7.40. The molecule has 0 spiro atoms. The van der Waals surface area contributed by atoms with Crippen LogP contribution in [0.4, 0.5) is 14.6 Å². The normalized spacial score (nSPS) is 14.5. The first-order chi connectivity index (χ1) is 14.2. The zero-order chi connectivity index (χ0) is 21.5. The molecule has 0 N–H and O–H groups in total. The number of aromatic nitrogens is 3. The van der Waals surface area contributed by atoms with E-state index in [4.69, 9.17) is 9.47 Å². The summed E-state index contributed by atoms with van der Waals surface area (Å²) in [7, 11) is 1.91. The summed E-state index contributed by atoms with van der Waals surface area (Å²) in [5.41, 5.74) is -0.0698. The maximum Gasteiger partial charge on any atom is 0.352 e. The predicted octanol–water partition coefficient (Wildman–Crippen LogP) is 3.52. The van der Waals surface area contributed by atoms with Crippen LogP contribution in [0.25, 0.3) is 0 Å². The Labute approximate surface area is 171 Å². The minimum atomic E-state index is -0.718. The van der Waals surface area contributed by atoms with Crippen LogP contribution in [0.2, 0.25) is 0 Å². The van der Waals surface area contributed by atoms with Crippen LogP contribution >= 0.6 is 0 Å². The van der Waals surface area contributed by atoms with E-state index in [9.17, 15) is 13.6 Å². The van der Waals surface area contributed by atoms with Gasteiger partial charge in [-0.1, -0.05) is 6.07 Å². The third-order valence-corrected chi connectivity index (χ3v) is 5.07. The van der Waals surface area contributed by atoms with Crippen molar-refractivity contribution in [1.82, 2.24) is 14.5 Å². The summed E-state index contributed by atoms with van der Waals surface area (Å²) < 4.78 is 40.1. The third-order valence-electron chi connectivity index (χ3n) is 5.07. The van der Waals surface area contributed by atoms with Gasteiger partial charge in [-0.15, -0.1) is 0 Å². The number of halogens is 2. The van der Waals surface area contributed by atoms with E-state index in [1.807, 2.05) is 25.8 Å². The summed E-state index contributed by atoms with van der Waals surface area (Å²) in [5.74, 6) is -0.373. The molecule has 2 aromatic heterocycles. The predicted molar refractivity (Wildman–Crippen MR) is 106 cm³/mol. The number of benzene rings is 1. The second-order valence-corrected chi connectivity index (χ2v) is 7.66. The number of hydrogen-bond acceptors (Lipinski definition) is 6. The number of rotatable bonds is 5. The quantitative estimate of drug-likeness (QED) is 0.595. The zero-order valence-corrected chi connectivity index (χ0v) is 16.7. The second-order valence-electron chi connectivity index (χ2n) is 7.66. The van der Waals surface area contributed by atoms with E-state index in [1.165, 1.54) is 24.4 Å². The maximum atomic E-state index is 14.4. The van der Waals surface area contributed by atoms with E-state index < -0.39 is 11.8 Å². The molecule has 7 nitrogen and oxygen atoms in total. The van der Waals surface area contributed by atoms with Gasteiger partial charge in [-0.3, -0.25) is 4.57 Å². The van der Waals surface area contributed by atoms with Crippen LogP contribution in [0.1, 0.15) is 19.4 Å². The standard InChI is InChI=1S/C21H20F2N4O3/c1-21(2)12-27-19(26(21)3)10-18(25-20(27)28)29-11-13-4-5-16(15(22)8-13)30-14-6-7-24-17(23)9-14/h4-10H,11-12H2,1-3H3. The molecular formula is C21H20F2N4O3. The third kappa shape index (κ3) is 3.83. The van der Waals surface area contributed by atoms with Crippen LogP contribution in [0.3, 0.4) is 0 Å².